The summed E-state index contributed by atoms with van der Waals surface area (Å²) in [7, 11) is -0.362. The first-order valence-corrected chi connectivity index (χ1v) is 8.09. The molecule has 1 aromatic heterocycles. The van der Waals surface area contributed by atoms with Crippen molar-refractivity contribution in [3.63, 3.8) is 0 Å². The van der Waals surface area contributed by atoms with E-state index in [9.17, 15) is 0 Å². The van der Waals surface area contributed by atoms with E-state index < -0.39 is 0 Å². The minimum atomic E-state index is -0.362. The van der Waals surface area contributed by atoms with Crippen LogP contribution in [0.4, 0.5) is 0 Å². The maximum absolute atomic E-state index is 6.08. The van der Waals surface area contributed by atoms with Crippen LogP contribution in [0, 0.1) is 13.8 Å². The summed E-state index contributed by atoms with van der Waals surface area (Å²) < 4.78 is 12.2. The van der Waals surface area contributed by atoms with Crippen molar-refractivity contribution >= 4 is 12.6 Å². The van der Waals surface area contributed by atoms with Gasteiger partial charge in [0.25, 0.3) is 0 Å². The first-order chi connectivity index (χ1) is 10.7. The second-order valence-corrected chi connectivity index (χ2v) is 7.33. The van der Waals surface area contributed by atoms with Crippen LogP contribution in [0.25, 0.3) is 11.3 Å². The van der Waals surface area contributed by atoms with Crippen LogP contribution < -0.4 is 5.46 Å². The van der Waals surface area contributed by atoms with Gasteiger partial charge in [0, 0.05) is 17.2 Å². The molecule has 1 fully saturated rings. The molecule has 3 nitrogen and oxygen atoms in total. The van der Waals surface area contributed by atoms with E-state index in [1.165, 1.54) is 16.7 Å². The Balaban J connectivity index is 1.90. The largest absolute Gasteiger partial charge is 0.496 e. The molecule has 0 saturated carbocycles. The second kappa shape index (κ2) is 5.46. The summed E-state index contributed by atoms with van der Waals surface area (Å²) in [5, 5.41) is 0. The molecule has 4 heteroatoms. The maximum atomic E-state index is 6.08. The van der Waals surface area contributed by atoms with Crippen LogP contribution in [0.3, 0.4) is 0 Å². The zero-order valence-electron chi connectivity index (χ0n) is 14.8. The number of benzene rings is 1. The SMILES string of the molecule is Cc1cccc(C)c1-c1ccc(B2OC(C)(C)C(C)(C)O2)cn1. The number of hydrogen-bond acceptors (Lipinski definition) is 3. The molecule has 0 unspecified atom stereocenters. The van der Waals surface area contributed by atoms with E-state index in [0.29, 0.717) is 0 Å². The van der Waals surface area contributed by atoms with Gasteiger partial charge in [-0.2, -0.15) is 0 Å². The minimum Gasteiger partial charge on any atom is -0.399 e. The standard InChI is InChI=1S/C19H24BNO2/c1-13-8-7-9-14(2)17(13)16-11-10-15(12-21-16)20-22-18(3,4)19(5,6)23-20/h7-12H,1-6H3. The van der Waals surface area contributed by atoms with Crippen molar-refractivity contribution in [3.05, 3.63) is 47.7 Å². The molecule has 0 radical (unpaired) electrons. The van der Waals surface area contributed by atoms with Crippen LogP contribution in [-0.4, -0.2) is 23.3 Å². The minimum absolute atomic E-state index is 0.330. The molecular weight excluding hydrogens is 285 g/mol. The lowest BCUT2D eigenvalue weighted by Crippen LogP contribution is -2.41. The lowest BCUT2D eigenvalue weighted by Gasteiger charge is -2.32. The topological polar surface area (TPSA) is 31.4 Å². The molecule has 120 valence electrons. The molecule has 1 saturated heterocycles. The fourth-order valence-corrected chi connectivity index (χ4v) is 2.89. The number of aromatic nitrogens is 1. The van der Waals surface area contributed by atoms with Gasteiger partial charge >= 0.3 is 7.12 Å². The Hall–Kier alpha value is -1.65. The fourth-order valence-electron chi connectivity index (χ4n) is 2.89. The molecule has 0 aliphatic carbocycles. The van der Waals surface area contributed by atoms with E-state index in [-0.39, 0.29) is 18.3 Å². The molecule has 0 spiro atoms. The Morgan fingerprint density at radius 3 is 1.91 bits per heavy atom. The van der Waals surface area contributed by atoms with Gasteiger partial charge in [-0.3, -0.25) is 4.98 Å². The highest BCUT2D eigenvalue weighted by Gasteiger charge is 2.51. The first kappa shape index (κ1) is 16.2. The number of rotatable bonds is 2. The summed E-state index contributed by atoms with van der Waals surface area (Å²) in [6.07, 6.45) is 1.86. The highest BCUT2D eigenvalue weighted by Crippen LogP contribution is 2.36. The second-order valence-electron chi connectivity index (χ2n) is 7.33. The molecule has 0 N–H and O–H groups in total. The molecule has 3 rings (SSSR count). The Kier molecular flexibility index (Phi) is 3.85. The van der Waals surface area contributed by atoms with Crippen LogP contribution in [0.15, 0.2) is 36.5 Å². The van der Waals surface area contributed by atoms with Crippen molar-refractivity contribution in [1.82, 2.24) is 4.98 Å². The molecule has 0 bridgehead atoms. The van der Waals surface area contributed by atoms with E-state index in [1.54, 1.807) is 0 Å². The Bertz CT molecular complexity index is 686. The summed E-state index contributed by atoms with van der Waals surface area (Å²) in [5.74, 6) is 0. The van der Waals surface area contributed by atoms with Gasteiger partial charge in [-0.1, -0.05) is 24.3 Å². The average molecular weight is 309 g/mol. The van der Waals surface area contributed by atoms with Crippen molar-refractivity contribution in [1.29, 1.82) is 0 Å². The molecule has 2 aromatic rings. The molecule has 23 heavy (non-hydrogen) atoms. The molecular formula is C19H24BNO2. The van der Waals surface area contributed by atoms with Gasteiger partial charge in [0.2, 0.25) is 0 Å². The summed E-state index contributed by atoms with van der Waals surface area (Å²) in [5.41, 5.74) is 4.96. The van der Waals surface area contributed by atoms with Crippen LogP contribution in [0.5, 0.6) is 0 Å². The van der Waals surface area contributed by atoms with Crippen molar-refractivity contribution in [3.8, 4) is 11.3 Å². The van der Waals surface area contributed by atoms with Crippen LogP contribution in [0.2, 0.25) is 0 Å². The smallest absolute Gasteiger partial charge is 0.399 e. The van der Waals surface area contributed by atoms with Crippen molar-refractivity contribution < 1.29 is 9.31 Å². The van der Waals surface area contributed by atoms with E-state index in [2.05, 4.69) is 76.9 Å². The zero-order chi connectivity index (χ0) is 16.8. The van der Waals surface area contributed by atoms with E-state index in [4.69, 9.17) is 9.31 Å². The van der Waals surface area contributed by atoms with Crippen LogP contribution in [-0.2, 0) is 9.31 Å². The molecule has 1 aromatic carbocycles. The van der Waals surface area contributed by atoms with Gasteiger partial charge in [-0.05, 0) is 58.7 Å². The number of hydrogen-bond donors (Lipinski definition) is 0. The van der Waals surface area contributed by atoms with Crippen molar-refractivity contribution in [2.75, 3.05) is 0 Å². The van der Waals surface area contributed by atoms with Crippen molar-refractivity contribution in [2.24, 2.45) is 0 Å². The van der Waals surface area contributed by atoms with Gasteiger partial charge in [0.15, 0.2) is 0 Å². The molecule has 0 atom stereocenters. The monoisotopic (exact) mass is 309 g/mol. The zero-order valence-corrected chi connectivity index (χ0v) is 14.8. The third-order valence-corrected chi connectivity index (χ3v) is 5.05. The molecule has 1 aliphatic heterocycles. The number of aryl methyl sites for hydroxylation is 2. The third kappa shape index (κ3) is 2.82. The van der Waals surface area contributed by atoms with Crippen LogP contribution >= 0.6 is 0 Å². The van der Waals surface area contributed by atoms with E-state index in [1.807, 2.05) is 6.20 Å². The summed E-state index contributed by atoms with van der Waals surface area (Å²) in [6, 6.07) is 10.4. The van der Waals surface area contributed by atoms with Crippen LogP contribution in [0.1, 0.15) is 38.8 Å². The lowest BCUT2D eigenvalue weighted by atomic mass is 9.80. The first-order valence-electron chi connectivity index (χ1n) is 8.09. The average Bonchev–Trinajstić information content (AvgIpc) is 2.68. The van der Waals surface area contributed by atoms with Gasteiger partial charge in [-0.15, -0.1) is 0 Å². The fraction of sp³-hybridized carbons (Fsp3) is 0.421. The number of pyridine rings is 1. The quantitative estimate of drug-likeness (QED) is 0.793. The van der Waals surface area contributed by atoms with Gasteiger partial charge in [0.1, 0.15) is 0 Å². The van der Waals surface area contributed by atoms with Gasteiger partial charge in [-0.25, -0.2) is 0 Å². The predicted octanol–water partition coefficient (Wildman–Crippen LogP) is 3.66. The summed E-state index contributed by atoms with van der Waals surface area (Å²) >= 11 is 0. The Morgan fingerprint density at radius 2 is 1.43 bits per heavy atom. The molecule has 1 aliphatic rings. The summed E-state index contributed by atoms with van der Waals surface area (Å²) in [4.78, 5) is 4.65. The Labute approximate surface area is 139 Å². The Morgan fingerprint density at radius 1 is 0.870 bits per heavy atom. The van der Waals surface area contributed by atoms with Gasteiger partial charge < -0.3 is 9.31 Å². The molecule has 2 heterocycles. The molecule has 0 amide bonds. The van der Waals surface area contributed by atoms with E-state index >= 15 is 0 Å². The third-order valence-electron chi connectivity index (χ3n) is 5.05. The highest BCUT2D eigenvalue weighted by molar-refractivity contribution is 6.62. The van der Waals surface area contributed by atoms with Gasteiger partial charge in [0.05, 0.1) is 16.9 Å². The lowest BCUT2D eigenvalue weighted by molar-refractivity contribution is 0.00578. The normalized spacial score (nSPS) is 19.1. The number of nitrogens with zero attached hydrogens (tertiary/aromatic N) is 1. The summed E-state index contributed by atoms with van der Waals surface area (Å²) in [6.45, 7) is 12.5. The van der Waals surface area contributed by atoms with Crippen molar-refractivity contribution in [2.45, 2.75) is 52.7 Å². The van der Waals surface area contributed by atoms with E-state index in [0.717, 1.165) is 11.2 Å². The maximum Gasteiger partial charge on any atom is 0.496 e. The predicted molar refractivity (Wildman–Crippen MR) is 94.9 cm³/mol. The highest BCUT2D eigenvalue weighted by atomic mass is 16.7.